The number of aliphatic carboxylic acids is 1. The number of hydrogen-bond acceptors (Lipinski definition) is 4. The molecule has 1 rings (SSSR count). The van der Waals surface area contributed by atoms with E-state index in [1.807, 2.05) is 0 Å². The number of hydrogen-bond donors (Lipinski definition) is 2. The topological polar surface area (TPSA) is 83.8 Å². The lowest BCUT2D eigenvalue weighted by Crippen LogP contribution is -2.44. The van der Waals surface area contributed by atoms with Crippen molar-refractivity contribution in [3.8, 4) is 0 Å². The van der Waals surface area contributed by atoms with E-state index in [9.17, 15) is 14.7 Å². The minimum atomic E-state index is -1.82. The van der Waals surface area contributed by atoms with E-state index in [0.717, 1.165) is 5.57 Å². The van der Waals surface area contributed by atoms with Gasteiger partial charge < -0.3 is 14.9 Å². The predicted molar refractivity (Wildman–Crippen MR) is 51.1 cm³/mol. The first kappa shape index (κ1) is 11.7. The standard InChI is InChI=1S/C10H14O5/c1-6-3-4-10(14,9(12)13)5-8(6)15-7(2)11/h3,8,14H,4-5H2,1-2H3,(H,12,13)/t8-,10+/m1/s1. The molecule has 2 N–H and O–H groups in total. The van der Waals surface area contributed by atoms with Gasteiger partial charge in [0.15, 0.2) is 5.60 Å². The van der Waals surface area contributed by atoms with E-state index in [2.05, 4.69) is 0 Å². The Hall–Kier alpha value is -1.36. The third-order valence-electron chi connectivity index (χ3n) is 2.50. The van der Waals surface area contributed by atoms with Crippen LogP contribution in [0.3, 0.4) is 0 Å². The second kappa shape index (κ2) is 4.02. The molecule has 1 aliphatic rings. The van der Waals surface area contributed by atoms with Crippen LogP contribution in [0.2, 0.25) is 0 Å². The van der Waals surface area contributed by atoms with Gasteiger partial charge in [-0.1, -0.05) is 6.08 Å². The normalized spacial score (nSPS) is 30.6. The van der Waals surface area contributed by atoms with Gasteiger partial charge in [0.2, 0.25) is 0 Å². The summed E-state index contributed by atoms with van der Waals surface area (Å²) >= 11 is 0. The summed E-state index contributed by atoms with van der Waals surface area (Å²) in [6, 6.07) is 0. The molecule has 0 bridgehead atoms. The number of ether oxygens (including phenoxy) is 1. The van der Waals surface area contributed by atoms with Crippen molar-refractivity contribution in [1.29, 1.82) is 0 Å². The van der Waals surface area contributed by atoms with Crippen molar-refractivity contribution in [3.05, 3.63) is 11.6 Å². The zero-order chi connectivity index (χ0) is 11.6. The molecule has 5 nitrogen and oxygen atoms in total. The van der Waals surface area contributed by atoms with Crippen molar-refractivity contribution < 1.29 is 24.5 Å². The van der Waals surface area contributed by atoms with Crippen molar-refractivity contribution >= 4 is 11.9 Å². The van der Waals surface area contributed by atoms with Gasteiger partial charge in [-0.2, -0.15) is 0 Å². The van der Waals surface area contributed by atoms with E-state index in [0.29, 0.717) is 0 Å². The number of carboxylic acid groups (broad SMARTS) is 1. The molecule has 5 heteroatoms. The molecule has 0 unspecified atom stereocenters. The van der Waals surface area contributed by atoms with Crippen LogP contribution in [0, 0.1) is 0 Å². The van der Waals surface area contributed by atoms with Crippen LogP contribution in [-0.4, -0.2) is 33.9 Å². The quantitative estimate of drug-likeness (QED) is 0.515. The molecule has 0 aliphatic heterocycles. The van der Waals surface area contributed by atoms with Gasteiger partial charge in [0, 0.05) is 19.8 Å². The van der Waals surface area contributed by atoms with Crippen LogP contribution in [-0.2, 0) is 14.3 Å². The van der Waals surface area contributed by atoms with Crippen molar-refractivity contribution in [1.82, 2.24) is 0 Å². The van der Waals surface area contributed by atoms with Gasteiger partial charge >= 0.3 is 11.9 Å². The monoisotopic (exact) mass is 214 g/mol. The van der Waals surface area contributed by atoms with Crippen molar-refractivity contribution in [2.75, 3.05) is 0 Å². The fraction of sp³-hybridized carbons (Fsp3) is 0.600. The Bertz CT molecular complexity index is 320. The van der Waals surface area contributed by atoms with Gasteiger partial charge in [-0.25, -0.2) is 4.79 Å². The first-order valence-corrected chi connectivity index (χ1v) is 4.65. The lowest BCUT2D eigenvalue weighted by Gasteiger charge is -2.31. The van der Waals surface area contributed by atoms with Gasteiger partial charge in [-0.05, 0) is 12.5 Å². The van der Waals surface area contributed by atoms with Crippen LogP contribution >= 0.6 is 0 Å². The number of carbonyl (C=O) groups is 2. The highest BCUT2D eigenvalue weighted by atomic mass is 16.5. The molecular formula is C10H14O5. The largest absolute Gasteiger partial charge is 0.479 e. The van der Waals surface area contributed by atoms with E-state index in [-0.39, 0.29) is 12.8 Å². The predicted octanol–water partition coefficient (Wildman–Crippen LogP) is 0.474. The Kier molecular flexibility index (Phi) is 3.14. The summed E-state index contributed by atoms with van der Waals surface area (Å²) in [5, 5.41) is 18.5. The van der Waals surface area contributed by atoms with Gasteiger partial charge in [0.25, 0.3) is 0 Å². The molecule has 2 atom stereocenters. The van der Waals surface area contributed by atoms with Crippen LogP contribution in [0.25, 0.3) is 0 Å². The van der Waals surface area contributed by atoms with E-state index < -0.39 is 23.6 Å². The lowest BCUT2D eigenvalue weighted by molar-refractivity contribution is -0.166. The maximum atomic E-state index is 10.8. The Morgan fingerprint density at radius 2 is 2.20 bits per heavy atom. The first-order chi connectivity index (χ1) is 6.85. The Labute approximate surface area is 87.4 Å². The first-order valence-electron chi connectivity index (χ1n) is 4.65. The van der Waals surface area contributed by atoms with Crippen LogP contribution in [0.15, 0.2) is 11.6 Å². The second-order valence-corrected chi connectivity index (χ2v) is 3.79. The summed E-state index contributed by atoms with van der Waals surface area (Å²) in [6.07, 6.45) is 0.902. The van der Waals surface area contributed by atoms with E-state index in [1.165, 1.54) is 6.92 Å². The van der Waals surface area contributed by atoms with Crippen molar-refractivity contribution in [2.45, 2.75) is 38.4 Å². The maximum absolute atomic E-state index is 10.8. The Balaban J connectivity index is 2.83. The summed E-state index contributed by atoms with van der Waals surface area (Å²) in [4.78, 5) is 21.6. The number of esters is 1. The molecule has 15 heavy (non-hydrogen) atoms. The molecule has 0 amide bonds. The zero-order valence-corrected chi connectivity index (χ0v) is 8.69. The van der Waals surface area contributed by atoms with Gasteiger partial charge in [-0.15, -0.1) is 0 Å². The highest BCUT2D eigenvalue weighted by Crippen LogP contribution is 2.29. The third-order valence-corrected chi connectivity index (χ3v) is 2.50. The van der Waals surface area contributed by atoms with Gasteiger partial charge in [0.1, 0.15) is 6.10 Å². The second-order valence-electron chi connectivity index (χ2n) is 3.79. The van der Waals surface area contributed by atoms with Crippen LogP contribution in [0.1, 0.15) is 26.7 Å². The average Bonchev–Trinajstić information content (AvgIpc) is 2.10. The van der Waals surface area contributed by atoms with E-state index in [4.69, 9.17) is 9.84 Å². The Morgan fingerprint density at radius 3 is 2.67 bits per heavy atom. The smallest absolute Gasteiger partial charge is 0.336 e. The highest BCUT2D eigenvalue weighted by molar-refractivity contribution is 5.78. The highest BCUT2D eigenvalue weighted by Gasteiger charge is 2.41. The van der Waals surface area contributed by atoms with Gasteiger partial charge in [0.05, 0.1) is 0 Å². The summed E-state index contributed by atoms with van der Waals surface area (Å²) < 4.78 is 4.92. The number of aliphatic hydroxyl groups is 1. The fourth-order valence-electron chi connectivity index (χ4n) is 1.52. The molecule has 0 aromatic heterocycles. The summed E-state index contributed by atoms with van der Waals surface area (Å²) in [7, 11) is 0. The molecule has 1 aliphatic carbocycles. The number of carbonyl (C=O) groups excluding carboxylic acids is 1. The molecule has 0 aromatic carbocycles. The molecule has 0 radical (unpaired) electrons. The molecule has 0 fully saturated rings. The average molecular weight is 214 g/mol. The molecule has 0 heterocycles. The molecule has 0 aromatic rings. The zero-order valence-electron chi connectivity index (χ0n) is 8.69. The van der Waals surface area contributed by atoms with Crippen LogP contribution < -0.4 is 0 Å². The summed E-state index contributed by atoms with van der Waals surface area (Å²) in [5.41, 5.74) is -1.05. The minimum absolute atomic E-state index is 0.0476. The van der Waals surface area contributed by atoms with Crippen molar-refractivity contribution in [2.24, 2.45) is 0 Å². The fourth-order valence-corrected chi connectivity index (χ4v) is 1.52. The van der Waals surface area contributed by atoms with Crippen LogP contribution in [0.5, 0.6) is 0 Å². The van der Waals surface area contributed by atoms with Gasteiger partial charge in [-0.3, -0.25) is 4.79 Å². The van der Waals surface area contributed by atoms with E-state index >= 15 is 0 Å². The third kappa shape index (κ3) is 2.56. The number of carboxylic acids is 1. The Morgan fingerprint density at radius 1 is 1.60 bits per heavy atom. The van der Waals surface area contributed by atoms with E-state index in [1.54, 1.807) is 13.0 Å². The maximum Gasteiger partial charge on any atom is 0.336 e. The SMILES string of the molecule is CC(=O)O[C@@H]1C[C@](O)(C(=O)O)CC=C1C. The minimum Gasteiger partial charge on any atom is -0.479 e. The summed E-state index contributed by atoms with van der Waals surface area (Å²) in [5.74, 6) is -1.77. The molecular weight excluding hydrogens is 200 g/mol. The van der Waals surface area contributed by atoms with Crippen molar-refractivity contribution in [3.63, 3.8) is 0 Å². The molecule has 0 spiro atoms. The molecule has 0 saturated heterocycles. The molecule has 84 valence electrons. The summed E-state index contributed by atoms with van der Waals surface area (Å²) in [6.45, 7) is 3.00. The van der Waals surface area contributed by atoms with Crippen LogP contribution in [0.4, 0.5) is 0 Å². The lowest BCUT2D eigenvalue weighted by atomic mass is 9.84. The number of rotatable bonds is 2. The molecule has 0 saturated carbocycles.